The number of rotatable bonds is 5. The number of hydrogen-bond acceptors (Lipinski definition) is 3. The van der Waals surface area contributed by atoms with Crippen molar-refractivity contribution in [1.29, 1.82) is 0 Å². The summed E-state index contributed by atoms with van der Waals surface area (Å²) in [5, 5.41) is 0.898. The van der Waals surface area contributed by atoms with Gasteiger partial charge < -0.3 is 0 Å². The molecular weight excluding hydrogens is 272 g/mol. The summed E-state index contributed by atoms with van der Waals surface area (Å²) >= 11 is 5.49. The highest BCUT2D eigenvalue weighted by Crippen LogP contribution is 2.18. The summed E-state index contributed by atoms with van der Waals surface area (Å²) in [6.45, 7) is 0. The van der Waals surface area contributed by atoms with Crippen LogP contribution in [0.5, 0.6) is 0 Å². The Morgan fingerprint density at radius 2 is 2.11 bits per heavy atom. The van der Waals surface area contributed by atoms with Gasteiger partial charge in [0, 0.05) is 23.2 Å². The maximum absolute atomic E-state index is 11.7. The highest BCUT2D eigenvalue weighted by Gasteiger charge is 2.09. The molecule has 0 aliphatic rings. The van der Waals surface area contributed by atoms with E-state index in [1.165, 1.54) is 0 Å². The van der Waals surface area contributed by atoms with Crippen LogP contribution >= 0.6 is 11.6 Å². The number of nitrogens with zero attached hydrogens (tertiary/aromatic N) is 1. The molecule has 0 spiro atoms. The van der Waals surface area contributed by atoms with Crippen LogP contribution in [-0.4, -0.2) is 25.0 Å². The predicted octanol–water partition coefficient (Wildman–Crippen LogP) is 2.61. The van der Waals surface area contributed by atoms with Crippen LogP contribution < -0.4 is 4.72 Å². The Morgan fingerprint density at radius 3 is 2.89 bits per heavy atom. The van der Waals surface area contributed by atoms with Crippen molar-refractivity contribution in [3.8, 4) is 0 Å². The van der Waals surface area contributed by atoms with E-state index >= 15 is 0 Å². The summed E-state index contributed by atoms with van der Waals surface area (Å²) < 4.78 is 26.0. The zero-order valence-electron chi connectivity index (χ0n) is 9.64. The first-order valence-electron chi connectivity index (χ1n) is 5.52. The van der Waals surface area contributed by atoms with Crippen LogP contribution in [0, 0.1) is 0 Å². The van der Waals surface area contributed by atoms with Gasteiger partial charge in [0.1, 0.15) is 0 Å². The standard InChI is InChI=1S/C12H13ClN2O2S/c13-6-2-8-18(16,17)15-11-4-5-12-10(9-11)3-1-7-14-12/h1,3-5,7,9,15H,2,6,8H2. The van der Waals surface area contributed by atoms with Crippen molar-refractivity contribution in [3.05, 3.63) is 36.5 Å². The minimum absolute atomic E-state index is 0.0293. The van der Waals surface area contributed by atoms with Crippen LogP contribution in [0.3, 0.4) is 0 Å². The van der Waals surface area contributed by atoms with Crippen LogP contribution in [0.4, 0.5) is 5.69 Å². The number of aromatic nitrogens is 1. The van der Waals surface area contributed by atoms with Gasteiger partial charge in [0.15, 0.2) is 0 Å². The Morgan fingerprint density at radius 1 is 1.28 bits per heavy atom. The van der Waals surface area contributed by atoms with Crippen molar-refractivity contribution in [2.45, 2.75) is 6.42 Å². The summed E-state index contributed by atoms with van der Waals surface area (Å²) in [4.78, 5) is 4.17. The molecule has 1 N–H and O–H groups in total. The van der Waals surface area contributed by atoms with E-state index in [4.69, 9.17) is 11.6 Å². The molecule has 0 radical (unpaired) electrons. The van der Waals surface area contributed by atoms with Crippen molar-refractivity contribution in [2.75, 3.05) is 16.4 Å². The lowest BCUT2D eigenvalue weighted by Crippen LogP contribution is -2.16. The normalized spacial score (nSPS) is 11.6. The van der Waals surface area contributed by atoms with E-state index < -0.39 is 10.0 Å². The molecule has 2 rings (SSSR count). The first-order chi connectivity index (χ1) is 8.61. The van der Waals surface area contributed by atoms with E-state index in [0.717, 1.165) is 10.9 Å². The van der Waals surface area contributed by atoms with Gasteiger partial charge in [0.25, 0.3) is 0 Å². The van der Waals surface area contributed by atoms with Gasteiger partial charge in [0.2, 0.25) is 10.0 Å². The third-order valence-corrected chi connectivity index (χ3v) is 4.06. The molecule has 0 saturated carbocycles. The van der Waals surface area contributed by atoms with Gasteiger partial charge in [-0.25, -0.2) is 8.42 Å². The molecule has 0 aliphatic carbocycles. The lowest BCUT2D eigenvalue weighted by atomic mass is 10.2. The molecule has 2 aromatic rings. The van der Waals surface area contributed by atoms with E-state index in [1.807, 2.05) is 12.1 Å². The van der Waals surface area contributed by atoms with E-state index in [2.05, 4.69) is 9.71 Å². The molecule has 0 atom stereocenters. The molecule has 6 heteroatoms. The topological polar surface area (TPSA) is 59.1 Å². The summed E-state index contributed by atoms with van der Waals surface area (Å²) in [6, 6.07) is 8.95. The van der Waals surface area contributed by atoms with Crippen LogP contribution in [0.15, 0.2) is 36.5 Å². The van der Waals surface area contributed by atoms with Gasteiger partial charge in [-0.1, -0.05) is 6.07 Å². The first-order valence-corrected chi connectivity index (χ1v) is 7.71. The Kier molecular flexibility index (Phi) is 4.04. The minimum Gasteiger partial charge on any atom is -0.284 e. The highest BCUT2D eigenvalue weighted by atomic mass is 35.5. The fraction of sp³-hybridized carbons (Fsp3) is 0.250. The molecule has 0 unspecified atom stereocenters. The van der Waals surface area contributed by atoms with Gasteiger partial charge in [-0.15, -0.1) is 11.6 Å². The number of fused-ring (bicyclic) bond motifs is 1. The molecule has 18 heavy (non-hydrogen) atoms. The second-order valence-corrected chi connectivity index (χ2v) is 6.09. The Balaban J connectivity index is 2.22. The van der Waals surface area contributed by atoms with E-state index in [0.29, 0.717) is 18.0 Å². The van der Waals surface area contributed by atoms with Crippen molar-refractivity contribution < 1.29 is 8.42 Å². The zero-order chi connectivity index (χ0) is 13.0. The maximum atomic E-state index is 11.7. The smallest absolute Gasteiger partial charge is 0.232 e. The number of sulfonamides is 1. The number of nitrogens with one attached hydrogen (secondary N) is 1. The van der Waals surface area contributed by atoms with E-state index in [9.17, 15) is 8.42 Å². The third kappa shape index (κ3) is 3.34. The van der Waals surface area contributed by atoms with E-state index in [1.54, 1.807) is 24.4 Å². The van der Waals surface area contributed by atoms with Crippen LogP contribution in [0.25, 0.3) is 10.9 Å². The third-order valence-electron chi connectivity index (χ3n) is 2.42. The van der Waals surface area contributed by atoms with Crippen molar-refractivity contribution in [2.24, 2.45) is 0 Å². The largest absolute Gasteiger partial charge is 0.284 e. The average Bonchev–Trinajstić information content (AvgIpc) is 2.36. The maximum Gasteiger partial charge on any atom is 0.232 e. The molecule has 1 aromatic carbocycles. The molecule has 0 aliphatic heterocycles. The van der Waals surface area contributed by atoms with Gasteiger partial charge in [-0.05, 0) is 30.7 Å². The zero-order valence-corrected chi connectivity index (χ0v) is 11.2. The number of halogens is 1. The fourth-order valence-corrected chi connectivity index (χ4v) is 3.02. The van der Waals surface area contributed by atoms with Crippen LogP contribution in [0.2, 0.25) is 0 Å². The second-order valence-electron chi connectivity index (χ2n) is 3.87. The summed E-state index contributed by atoms with van der Waals surface area (Å²) in [7, 11) is -3.32. The van der Waals surface area contributed by atoms with Crippen molar-refractivity contribution >= 4 is 38.2 Å². The van der Waals surface area contributed by atoms with Gasteiger partial charge >= 0.3 is 0 Å². The molecular formula is C12H13ClN2O2S. The first kappa shape index (κ1) is 13.1. The molecule has 0 amide bonds. The molecule has 96 valence electrons. The molecule has 0 fully saturated rings. The van der Waals surface area contributed by atoms with Crippen LogP contribution in [0.1, 0.15) is 6.42 Å². The fourth-order valence-electron chi connectivity index (χ4n) is 1.61. The SMILES string of the molecule is O=S(=O)(CCCCl)Nc1ccc2ncccc2c1. The monoisotopic (exact) mass is 284 g/mol. The molecule has 1 aromatic heterocycles. The second kappa shape index (κ2) is 5.54. The molecule has 4 nitrogen and oxygen atoms in total. The van der Waals surface area contributed by atoms with Gasteiger partial charge in [-0.3, -0.25) is 9.71 Å². The summed E-state index contributed by atoms with van der Waals surface area (Å²) in [5.41, 5.74) is 1.38. The number of anilines is 1. The quantitative estimate of drug-likeness (QED) is 0.859. The van der Waals surface area contributed by atoms with Crippen LogP contribution in [-0.2, 0) is 10.0 Å². The average molecular weight is 285 g/mol. The number of pyridine rings is 1. The van der Waals surface area contributed by atoms with Crippen molar-refractivity contribution in [1.82, 2.24) is 4.98 Å². The van der Waals surface area contributed by atoms with Crippen molar-refractivity contribution in [3.63, 3.8) is 0 Å². The lowest BCUT2D eigenvalue weighted by molar-refractivity contribution is 0.600. The summed E-state index contributed by atoms with van der Waals surface area (Å²) in [5.74, 6) is 0.365. The van der Waals surface area contributed by atoms with Gasteiger partial charge in [0.05, 0.1) is 11.3 Å². The summed E-state index contributed by atoms with van der Waals surface area (Å²) in [6.07, 6.45) is 2.14. The minimum atomic E-state index is -3.32. The Hall–Kier alpha value is -1.33. The Bertz CT molecular complexity index is 643. The lowest BCUT2D eigenvalue weighted by Gasteiger charge is -2.07. The number of alkyl halides is 1. The Labute approximate surface area is 111 Å². The highest BCUT2D eigenvalue weighted by molar-refractivity contribution is 7.92. The molecule has 1 heterocycles. The van der Waals surface area contributed by atoms with Gasteiger partial charge in [-0.2, -0.15) is 0 Å². The molecule has 0 saturated heterocycles. The molecule has 0 bridgehead atoms. The van der Waals surface area contributed by atoms with E-state index in [-0.39, 0.29) is 5.75 Å². The number of hydrogen-bond donors (Lipinski definition) is 1. The number of benzene rings is 1. The predicted molar refractivity (Wildman–Crippen MR) is 74.5 cm³/mol.